The first-order chi connectivity index (χ1) is 19.6. The van der Waals surface area contributed by atoms with E-state index in [0.717, 1.165) is 44.2 Å². The molecule has 6 nitrogen and oxygen atoms in total. The second kappa shape index (κ2) is 13.4. The lowest BCUT2D eigenvalue weighted by molar-refractivity contribution is -0.139. The van der Waals surface area contributed by atoms with Gasteiger partial charge in [0.1, 0.15) is 23.1 Å². The number of hydrogen-bond donors (Lipinski definition) is 2. The molecule has 212 valence electrons. The van der Waals surface area contributed by atoms with Crippen molar-refractivity contribution in [2.75, 3.05) is 5.75 Å². The number of aliphatic carboxylic acids is 1. The maximum absolute atomic E-state index is 12.1. The number of carboxylic acids is 1. The molecule has 0 radical (unpaired) electrons. The van der Waals surface area contributed by atoms with Crippen LogP contribution in [0.4, 0.5) is 4.79 Å². The standard InChI is InChI=1S/C34H35NO5S/c1-23-11-8-18-29(31(23)39-27-15-6-5-7-16-27)26-14-9-12-24(21-26)25-13-10-17-28(22-25)41-20-19-30(32(36)37)35-33(38)40-34(2,3)4/h5-18,21-22,30H,19-20H2,1-4H3,(H,35,38)(H,36,37). The van der Waals surface area contributed by atoms with Gasteiger partial charge in [0.25, 0.3) is 0 Å². The molecule has 2 N–H and O–H groups in total. The average molecular weight is 570 g/mol. The number of hydrogen-bond acceptors (Lipinski definition) is 5. The molecular weight excluding hydrogens is 534 g/mol. The largest absolute Gasteiger partial charge is 0.480 e. The Morgan fingerprint density at radius 1 is 0.854 bits per heavy atom. The molecule has 4 aromatic carbocycles. The van der Waals surface area contributed by atoms with E-state index in [1.807, 2.05) is 67.6 Å². The molecule has 0 fully saturated rings. The van der Waals surface area contributed by atoms with E-state index in [0.29, 0.717) is 5.75 Å². The quantitative estimate of drug-likeness (QED) is 0.186. The van der Waals surface area contributed by atoms with Gasteiger partial charge in [0.05, 0.1) is 0 Å². The summed E-state index contributed by atoms with van der Waals surface area (Å²) in [5.41, 5.74) is 4.53. The Morgan fingerprint density at radius 2 is 1.51 bits per heavy atom. The van der Waals surface area contributed by atoms with Gasteiger partial charge in [0.15, 0.2) is 0 Å². The number of rotatable bonds is 10. The highest BCUT2D eigenvalue weighted by Crippen LogP contribution is 2.38. The molecule has 7 heteroatoms. The van der Waals surface area contributed by atoms with Crippen molar-refractivity contribution in [2.24, 2.45) is 0 Å². The molecule has 1 atom stereocenters. The molecule has 0 spiro atoms. The smallest absolute Gasteiger partial charge is 0.408 e. The van der Waals surface area contributed by atoms with Crippen LogP contribution in [0.15, 0.2) is 102 Å². The van der Waals surface area contributed by atoms with Crippen LogP contribution in [0.5, 0.6) is 11.5 Å². The average Bonchev–Trinajstić information content (AvgIpc) is 2.93. The molecule has 0 aliphatic heterocycles. The lowest BCUT2D eigenvalue weighted by Gasteiger charge is -2.22. The second-order valence-electron chi connectivity index (χ2n) is 10.6. The molecule has 0 saturated heterocycles. The molecule has 0 saturated carbocycles. The minimum atomic E-state index is -1.09. The van der Waals surface area contributed by atoms with E-state index in [2.05, 4.69) is 41.7 Å². The van der Waals surface area contributed by atoms with Gasteiger partial charge in [-0.15, -0.1) is 11.8 Å². The van der Waals surface area contributed by atoms with Crippen LogP contribution < -0.4 is 10.1 Å². The van der Waals surface area contributed by atoms with Gasteiger partial charge in [-0.05, 0) is 86.7 Å². The van der Waals surface area contributed by atoms with E-state index in [9.17, 15) is 14.7 Å². The molecule has 1 amide bonds. The minimum Gasteiger partial charge on any atom is -0.480 e. The SMILES string of the molecule is Cc1cccc(-c2cccc(-c3cccc(SCCC(NC(=O)OC(C)(C)C)C(=O)O)c3)c2)c1Oc1ccccc1. The van der Waals surface area contributed by atoms with E-state index in [4.69, 9.17) is 9.47 Å². The number of thioether (sulfide) groups is 1. The Kier molecular flexibility index (Phi) is 9.73. The third kappa shape index (κ3) is 8.63. The molecule has 0 heterocycles. The predicted molar refractivity (Wildman–Crippen MR) is 165 cm³/mol. The fourth-order valence-electron chi connectivity index (χ4n) is 4.26. The van der Waals surface area contributed by atoms with Gasteiger partial charge in [0.2, 0.25) is 0 Å². The zero-order valence-electron chi connectivity index (χ0n) is 23.7. The van der Waals surface area contributed by atoms with Gasteiger partial charge in [-0.2, -0.15) is 0 Å². The van der Waals surface area contributed by atoms with E-state index in [1.165, 1.54) is 0 Å². The number of ether oxygens (including phenoxy) is 2. The number of carboxylic acid groups (broad SMARTS) is 1. The van der Waals surface area contributed by atoms with Crippen molar-refractivity contribution in [3.05, 3.63) is 103 Å². The van der Waals surface area contributed by atoms with Crippen LogP contribution >= 0.6 is 11.8 Å². The van der Waals surface area contributed by atoms with Crippen LogP contribution in [0.3, 0.4) is 0 Å². The Balaban J connectivity index is 1.48. The first-order valence-electron chi connectivity index (χ1n) is 13.5. The summed E-state index contributed by atoms with van der Waals surface area (Å²) in [5, 5.41) is 12.0. The number of carbonyl (C=O) groups is 2. The summed E-state index contributed by atoms with van der Waals surface area (Å²) in [6.07, 6.45) is -0.473. The monoisotopic (exact) mass is 569 g/mol. The van der Waals surface area contributed by atoms with Crippen LogP contribution in [0.1, 0.15) is 32.8 Å². The summed E-state index contributed by atoms with van der Waals surface area (Å²) in [6, 6.07) is 31.4. The fraction of sp³-hybridized carbons (Fsp3) is 0.235. The van der Waals surface area contributed by atoms with Crippen molar-refractivity contribution in [3.63, 3.8) is 0 Å². The first kappa shape index (κ1) is 29.7. The third-order valence-electron chi connectivity index (χ3n) is 6.18. The summed E-state index contributed by atoms with van der Waals surface area (Å²) < 4.78 is 11.5. The molecular formula is C34H35NO5S. The molecule has 0 aromatic heterocycles. The number of alkyl carbamates (subject to hydrolysis) is 1. The van der Waals surface area contributed by atoms with Crippen molar-refractivity contribution in [3.8, 4) is 33.8 Å². The van der Waals surface area contributed by atoms with Gasteiger partial charge in [0, 0.05) is 16.2 Å². The summed E-state index contributed by atoms with van der Waals surface area (Å²) in [4.78, 5) is 24.8. The normalized spacial score (nSPS) is 11.9. The maximum atomic E-state index is 12.1. The van der Waals surface area contributed by atoms with Crippen molar-refractivity contribution >= 4 is 23.8 Å². The highest BCUT2D eigenvalue weighted by atomic mass is 32.2. The Bertz CT molecular complexity index is 1500. The number of amides is 1. The fourth-order valence-corrected chi connectivity index (χ4v) is 5.23. The molecule has 4 aromatic rings. The van der Waals surface area contributed by atoms with Crippen molar-refractivity contribution in [1.29, 1.82) is 0 Å². The number of nitrogens with one attached hydrogen (secondary N) is 1. The topological polar surface area (TPSA) is 84.9 Å². The number of carbonyl (C=O) groups excluding carboxylic acids is 1. The molecule has 1 unspecified atom stereocenters. The lowest BCUT2D eigenvalue weighted by atomic mass is 9.97. The summed E-state index contributed by atoms with van der Waals surface area (Å²) in [7, 11) is 0. The Labute approximate surface area is 245 Å². The van der Waals surface area contributed by atoms with Crippen molar-refractivity contribution < 1.29 is 24.2 Å². The van der Waals surface area contributed by atoms with Gasteiger partial charge in [-0.25, -0.2) is 9.59 Å². The van der Waals surface area contributed by atoms with Crippen LogP contribution in [0.2, 0.25) is 0 Å². The van der Waals surface area contributed by atoms with Gasteiger partial charge < -0.3 is 19.9 Å². The summed E-state index contributed by atoms with van der Waals surface area (Å²) >= 11 is 1.55. The molecule has 4 rings (SSSR count). The van der Waals surface area contributed by atoms with Crippen molar-refractivity contribution in [2.45, 2.75) is 50.7 Å². The Hall–Kier alpha value is -4.23. The van der Waals surface area contributed by atoms with Crippen molar-refractivity contribution in [1.82, 2.24) is 5.32 Å². The number of benzene rings is 4. The minimum absolute atomic E-state index is 0.260. The predicted octanol–water partition coefficient (Wildman–Crippen LogP) is 8.58. The summed E-state index contributed by atoms with van der Waals surface area (Å²) in [6.45, 7) is 7.25. The highest BCUT2D eigenvalue weighted by Gasteiger charge is 2.23. The van der Waals surface area contributed by atoms with E-state index in [-0.39, 0.29) is 6.42 Å². The molecule has 41 heavy (non-hydrogen) atoms. The van der Waals surface area contributed by atoms with Crippen LogP contribution in [-0.2, 0) is 9.53 Å². The van der Waals surface area contributed by atoms with Crippen LogP contribution in [0, 0.1) is 6.92 Å². The molecule has 0 bridgehead atoms. The van der Waals surface area contributed by atoms with E-state index in [1.54, 1.807) is 32.5 Å². The van der Waals surface area contributed by atoms with Crippen LogP contribution in [-0.4, -0.2) is 34.6 Å². The molecule has 0 aliphatic carbocycles. The second-order valence-corrected chi connectivity index (χ2v) is 11.8. The highest BCUT2D eigenvalue weighted by molar-refractivity contribution is 7.99. The number of para-hydroxylation sites is 2. The van der Waals surface area contributed by atoms with Gasteiger partial charge in [-0.1, -0.05) is 66.7 Å². The third-order valence-corrected chi connectivity index (χ3v) is 7.21. The van der Waals surface area contributed by atoms with Gasteiger partial charge in [-0.3, -0.25) is 0 Å². The maximum Gasteiger partial charge on any atom is 0.408 e. The summed E-state index contributed by atoms with van der Waals surface area (Å²) in [5.74, 6) is 1.04. The molecule has 0 aliphatic rings. The first-order valence-corrected chi connectivity index (χ1v) is 14.5. The van der Waals surface area contributed by atoms with E-state index < -0.39 is 23.7 Å². The lowest BCUT2D eigenvalue weighted by Crippen LogP contribution is -2.43. The Morgan fingerprint density at radius 3 is 2.22 bits per heavy atom. The zero-order chi connectivity index (χ0) is 29.4. The number of aryl methyl sites for hydroxylation is 1. The van der Waals surface area contributed by atoms with Crippen LogP contribution in [0.25, 0.3) is 22.3 Å². The zero-order valence-corrected chi connectivity index (χ0v) is 24.5. The van der Waals surface area contributed by atoms with E-state index >= 15 is 0 Å². The van der Waals surface area contributed by atoms with Gasteiger partial charge >= 0.3 is 12.1 Å².